The SMILES string of the molecule is CCOP(=O)(OCC[N+](C)(C)Cc1ccccc1)c1ccccc1.Cl.ClC(Cl)Cl. The summed E-state index contributed by atoms with van der Waals surface area (Å²) in [5, 5.41) is 0.611. The molecule has 0 amide bonds. The van der Waals surface area contributed by atoms with Gasteiger partial charge in [-0.1, -0.05) is 83.3 Å². The molecule has 0 N–H and O–H groups in total. The predicted molar refractivity (Wildman–Crippen MR) is 127 cm³/mol. The van der Waals surface area contributed by atoms with E-state index in [1.807, 2.05) is 43.3 Å². The first-order valence-electron chi connectivity index (χ1n) is 8.91. The van der Waals surface area contributed by atoms with Crippen LogP contribution in [-0.2, 0) is 20.2 Å². The van der Waals surface area contributed by atoms with Gasteiger partial charge in [-0.2, -0.15) is 0 Å². The van der Waals surface area contributed by atoms with Crippen LogP contribution in [0.25, 0.3) is 0 Å². The van der Waals surface area contributed by atoms with Crippen molar-refractivity contribution in [2.75, 3.05) is 33.9 Å². The van der Waals surface area contributed by atoms with E-state index < -0.39 is 11.9 Å². The maximum absolute atomic E-state index is 13.0. The second kappa shape index (κ2) is 14.7. The van der Waals surface area contributed by atoms with E-state index in [0.717, 1.165) is 17.6 Å². The Morgan fingerprint density at radius 3 is 1.90 bits per heavy atom. The number of hydrogen-bond donors (Lipinski definition) is 0. The van der Waals surface area contributed by atoms with Crippen LogP contribution in [0, 0.1) is 0 Å². The van der Waals surface area contributed by atoms with Gasteiger partial charge in [0.2, 0.25) is 0 Å². The van der Waals surface area contributed by atoms with E-state index in [2.05, 4.69) is 26.2 Å². The van der Waals surface area contributed by atoms with E-state index in [-0.39, 0.29) is 12.4 Å². The second-order valence-electron chi connectivity index (χ2n) is 6.63. The number of rotatable bonds is 9. The first-order valence-corrected chi connectivity index (χ1v) is 11.8. The fourth-order valence-electron chi connectivity index (χ4n) is 2.53. The third-order valence-electron chi connectivity index (χ3n) is 3.78. The molecule has 0 saturated carbocycles. The lowest BCUT2D eigenvalue weighted by molar-refractivity contribution is -0.903. The molecule has 4 nitrogen and oxygen atoms in total. The van der Waals surface area contributed by atoms with Crippen molar-refractivity contribution in [2.45, 2.75) is 17.8 Å². The van der Waals surface area contributed by atoms with Crippen LogP contribution in [0.2, 0.25) is 0 Å². The van der Waals surface area contributed by atoms with E-state index in [0.29, 0.717) is 18.5 Å². The first-order chi connectivity index (χ1) is 13.2. The Bertz CT molecular complexity index is 715. The van der Waals surface area contributed by atoms with Gasteiger partial charge in [0, 0.05) is 5.56 Å². The molecule has 9 heteroatoms. The summed E-state index contributed by atoms with van der Waals surface area (Å²) >= 11 is 14.4. The van der Waals surface area contributed by atoms with Crippen LogP contribution in [0.5, 0.6) is 0 Å². The zero-order valence-corrected chi connectivity index (χ0v) is 20.8. The van der Waals surface area contributed by atoms with Crippen LogP contribution >= 0.6 is 54.8 Å². The Kier molecular flexibility index (Phi) is 14.5. The normalized spacial score (nSPS) is 13.1. The third-order valence-corrected chi connectivity index (χ3v) is 5.83. The summed E-state index contributed by atoms with van der Waals surface area (Å²) in [6, 6.07) is 19.5. The largest absolute Gasteiger partial charge is 0.361 e. The Balaban J connectivity index is 0.00000143. The lowest BCUT2D eigenvalue weighted by Crippen LogP contribution is -2.41. The van der Waals surface area contributed by atoms with Gasteiger partial charge >= 0.3 is 7.60 Å². The standard InChI is InChI=1S/C19H27NO3P.CHCl3.ClH/c1-4-22-24(21,19-13-9-6-10-14-19)23-16-15-20(2,3)17-18-11-7-5-8-12-18;2-1(3)4;/h5-14H,4,15-17H2,1-3H3;1H;1H/q+1;;. The molecule has 1 unspecified atom stereocenters. The van der Waals surface area contributed by atoms with E-state index in [1.54, 1.807) is 12.1 Å². The highest BCUT2D eigenvalue weighted by Crippen LogP contribution is 2.46. The molecule has 0 aliphatic carbocycles. The Morgan fingerprint density at radius 1 is 0.931 bits per heavy atom. The number of benzene rings is 2. The van der Waals surface area contributed by atoms with E-state index >= 15 is 0 Å². The van der Waals surface area contributed by atoms with Crippen molar-refractivity contribution in [1.29, 1.82) is 0 Å². The van der Waals surface area contributed by atoms with Gasteiger partial charge in [-0.15, -0.1) is 12.4 Å². The topological polar surface area (TPSA) is 35.5 Å². The summed E-state index contributed by atoms with van der Waals surface area (Å²) in [6.45, 7) is 4.21. The molecule has 0 spiro atoms. The third kappa shape index (κ3) is 12.2. The molecule has 0 fully saturated rings. The minimum Gasteiger partial charge on any atom is -0.323 e. The maximum atomic E-state index is 13.0. The van der Waals surface area contributed by atoms with Gasteiger partial charge < -0.3 is 9.01 Å². The summed E-state index contributed by atoms with van der Waals surface area (Å²) in [7, 11) is 1.04. The van der Waals surface area contributed by atoms with Gasteiger partial charge in [-0.05, 0) is 19.1 Å². The fourth-order valence-corrected chi connectivity index (χ4v) is 4.10. The van der Waals surface area contributed by atoms with Crippen LogP contribution in [-0.4, -0.2) is 42.6 Å². The van der Waals surface area contributed by atoms with Crippen LogP contribution in [0.4, 0.5) is 0 Å². The summed E-state index contributed by atoms with van der Waals surface area (Å²) in [6.07, 6.45) is 0. The highest BCUT2D eigenvalue weighted by Gasteiger charge is 2.28. The van der Waals surface area contributed by atoms with Crippen LogP contribution in [0.3, 0.4) is 0 Å². The van der Waals surface area contributed by atoms with Crippen molar-refractivity contribution in [3.8, 4) is 0 Å². The van der Waals surface area contributed by atoms with Crippen LogP contribution < -0.4 is 5.30 Å². The average molecular weight is 504 g/mol. The van der Waals surface area contributed by atoms with Gasteiger partial charge in [-0.25, -0.2) is 0 Å². The van der Waals surface area contributed by atoms with Gasteiger partial charge in [0.25, 0.3) is 0 Å². The zero-order valence-electron chi connectivity index (χ0n) is 16.8. The molecule has 0 bridgehead atoms. The number of hydrogen-bond acceptors (Lipinski definition) is 3. The van der Waals surface area contributed by atoms with Crippen molar-refractivity contribution >= 4 is 60.1 Å². The van der Waals surface area contributed by atoms with E-state index in [4.69, 9.17) is 43.9 Å². The van der Waals surface area contributed by atoms with Crippen molar-refractivity contribution in [1.82, 2.24) is 0 Å². The van der Waals surface area contributed by atoms with Gasteiger partial charge in [0.05, 0.1) is 26.0 Å². The second-order valence-corrected chi connectivity index (χ2v) is 10.6. The predicted octanol–water partition coefficient (Wildman–Crippen LogP) is 6.24. The number of alkyl halides is 3. The Labute approximate surface area is 195 Å². The molecule has 1 atom stereocenters. The average Bonchev–Trinajstić information content (AvgIpc) is 2.62. The van der Waals surface area contributed by atoms with Gasteiger partial charge in [-0.3, -0.25) is 9.09 Å². The van der Waals surface area contributed by atoms with Crippen LogP contribution in [0.1, 0.15) is 12.5 Å². The molecule has 164 valence electrons. The summed E-state index contributed by atoms with van der Waals surface area (Å²) in [5.74, 6) is 0. The summed E-state index contributed by atoms with van der Waals surface area (Å²) in [5.41, 5.74) is 1.28. The molecule has 29 heavy (non-hydrogen) atoms. The van der Waals surface area contributed by atoms with Gasteiger partial charge in [0.1, 0.15) is 19.7 Å². The monoisotopic (exact) mass is 502 g/mol. The van der Waals surface area contributed by atoms with Gasteiger partial charge in [0.15, 0.2) is 4.30 Å². The molecule has 2 aromatic carbocycles. The molecule has 0 aliphatic heterocycles. The molecular weight excluding hydrogens is 475 g/mol. The Morgan fingerprint density at radius 2 is 1.41 bits per heavy atom. The first kappa shape index (κ1) is 28.7. The molecule has 0 radical (unpaired) electrons. The van der Waals surface area contributed by atoms with Crippen LogP contribution in [0.15, 0.2) is 60.7 Å². The smallest absolute Gasteiger partial charge is 0.323 e. The Hall–Kier alpha value is -0.290. The van der Waals surface area contributed by atoms with E-state index in [9.17, 15) is 4.57 Å². The minimum absolute atomic E-state index is 0. The molecule has 0 aromatic heterocycles. The molecule has 2 rings (SSSR count). The summed E-state index contributed by atoms with van der Waals surface area (Å²) < 4.78 is 24.2. The highest BCUT2D eigenvalue weighted by atomic mass is 35.6. The number of nitrogens with zero attached hydrogens (tertiary/aromatic N) is 1. The van der Waals surface area contributed by atoms with Crippen molar-refractivity contribution in [3.05, 3.63) is 66.2 Å². The molecule has 0 aliphatic rings. The maximum Gasteiger partial charge on any atom is 0.361 e. The lowest BCUT2D eigenvalue weighted by Gasteiger charge is -2.30. The number of halogens is 4. The fraction of sp³-hybridized carbons (Fsp3) is 0.400. The molecule has 2 aromatic rings. The van der Waals surface area contributed by atoms with Crippen molar-refractivity contribution in [2.24, 2.45) is 0 Å². The van der Waals surface area contributed by atoms with Crippen molar-refractivity contribution in [3.63, 3.8) is 0 Å². The molecular formula is C20H29Cl4NO3P+. The van der Waals surface area contributed by atoms with E-state index in [1.165, 1.54) is 5.56 Å². The highest BCUT2D eigenvalue weighted by molar-refractivity contribution is 7.62. The minimum atomic E-state index is -3.25. The quantitative estimate of drug-likeness (QED) is 0.230. The summed E-state index contributed by atoms with van der Waals surface area (Å²) in [4.78, 5) is 0. The number of likely N-dealkylation sites (N-methyl/N-ethyl adjacent to an activating group) is 1. The van der Waals surface area contributed by atoms with Crippen molar-refractivity contribution < 1.29 is 18.1 Å². The zero-order chi connectivity index (χ0) is 21.0. The lowest BCUT2D eigenvalue weighted by atomic mass is 10.2. The molecule has 0 heterocycles. The molecule has 0 saturated heterocycles. The number of quaternary nitrogens is 1.